The minimum atomic E-state index is 0.00504. The zero-order chi connectivity index (χ0) is 13.9. The molecule has 0 spiro atoms. The van der Waals surface area contributed by atoms with Crippen LogP contribution in [0.2, 0.25) is 0 Å². The van der Waals surface area contributed by atoms with Crippen LogP contribution < -0.4 is 0 Å². The molecule has 0 aliphatic carbocycles. The van der Waals surface area contributed by atoms with Gasteiger partial charge in [-0.3, -0.25) is 0 Å². The van der Waals surface area contributed by atoms with Gasteiger partial charge in [0.15, 0.2) is 5.82 Å². The summed E-state index contributed by atoms with van der Waals surface area (Å²) in [6.07, 6.45) is 2.37. The predicted molar refractivity (Wildman–Crippen MR) is 70.1 cm³/mol. The molecule has 20 heavy (non-hydrogen) atoms. The third-order valence-corrected chi connectivity index (χ3v) is 4.13. The van der Waals surface area contributed by atoms with Crippen molar-refractivity contribution in [3.63, 3.8) is 0 Å². The van der Waals surface area contributed by atoms with Gasteiger partial charge >= 0.3 is 0 Å². The number of ether oxygens (including phenoxy) is 1. The highest BCUT2D eigenvalue weighted by Gasteiger charge is 2.22. The molecule has 2 aromatic rings. The molecular formula is C11H16N6O2S. The molecule has 108 valence electrons. The van der Waals surface area contributed by atoms with Crippen LogP contribution in [0.5, 0.6) is 0 Å². The number of hydrogen-bond acceptors (Lipinski definition) is 8. The Bertz CT molecular complexity index is 565. The van der Waals surface area contributed by atoms with E-state index in [1.165, 1.54) is 11.8 Å². The third kappa shape index (κ3) is 2.98. The molecule has 0 N–H and O–H groups in total. The first kappa shape index (κ1) is 13.5. The summed E-state index contributed by atoms with van der Waals surface area (Å²) in [5.74, 6) is 1.21. The Kier molecular flexibility index (Phi) is 3.97. The molecule has 2 unspecified atom stereocenters. The van der Waals surface area contributed by atoms with Gasteiger partial charge in [0.2, 0.25) is 11.0 Å². The first-order valence-corrected chi connectivity index (χ1v) is 7.45. The van der Waals surface area contributed by atoms with Crippen molar-refractivity contribution >= 4 is 11.8 Å². The van der Waals surface area contributed by atoms with Crippen molar-refractivity contribution in [3.8, 4) is 0 Å². The minimum Gasteiger partial charge on any atom is -0.376 e. The molecule has 2 atom stereocenters. The summed E-state index contributed by atoms with van der Waals surface area (Å²) in [4.78, 5) is 4.22. The number of thioether (sulfide) groups is 1. The number of nitrogens with zero attached hydrogens (tertiary/aromatic N) is 6. The van der Waals surface area contributed by atoms with Crippen molar-refractivity contribution in [2.75, 3.05) is 6.61 Å². The van der Waals surface area contributed by atoms with Gasteiger partial charge in [-0.15, -0.1) is 5.10 Å². The van der Waals surface area contributed by atoms with E-state index in [1.807, 2.05) is 6.92 Å². The van der Waals surface area contributed by atoms with E-state index in [2.05, 4.69) is 25.7 Å². The fourth-order valence-corrected chi connectivity index (χ4v) is 2.89. The van der Waals surface area contributed by atoms with Crippen LogP contribution in [0.1, 0.15) is 36.7 Å². The van der Waals surface area contributed by atoms with Crippen LogP contribution in [-0.4, -0.2) is 43.1 Å². The molecule has 1 fully saturated rings. The van der Waals surface area contributed by atoms with Crippen LogP contribution in [0.25, 0.3) is 0 Å². The maximum absolute atomic E-state index is 5.61. The lowest BCUT2D eigenvalue weighted by molar-refractivity contribution is 0.0911. The summed E-state index contributed by atoms with van der Waals surface area (Å²) in [5.41, 5.74) is 0. The highest BCUT2D eigenvalue weighted by Crippen LogP contribution is 2.32. The van der Waals surface area contributed by atoms with Crippen molar-refractivity contribution < 1.29 is 9.26 Å². The quantitative estimate of drug-likeness (QED) is 0.764. The van der Waals surface area contributed by atoms with E-state index < -0.39 is 0 Å². The van der Waals surface area contributed by atoms with Crippen LogP contribution in [0.15, 0.2) is 9.68 Å². The zero-order valence-electron chi connectivity index (χ0n) is 11.4. The van der Waals surface area contributed by atoms with Gasteiger partial charge < -0.3 is 9.26 Å². The fourth-order valence-electron chi connectivity index (χ4n) is 2.06. The Morgan fingerprint density at radius 2 is 2.40 bits per heavy atom. The molecule has 0 aromatic carbocycles. The van der Waals surface area contributed by atoms with Gasteiger partial charge in [-0.05, 0) is 37.1 Å². The molecule has 1 aliphatic rings. The molecule has 1 aliphatic heterocycles. The van der Waals surface area contributed by atoms with Gasteiger partial charge in [-0.25, -0.2) is 4.68 Å². The Hall–Kier alpha value is -1.48. The largest absolute Gasteiger partial charge is 0.376 e. The maximum Gasteiger partial charge on any atom is 0.239 e. The normalized spacial score (nSPS) is 20.4. The minimum absolute atomic E-state index is 0.00504. The fraction of sp³-hybridized carbons (Fsp3) is 0.727. The van der Waals surface area contributed by atoms with E-state index >= 15 is 0 Å². The summed E-state index contributed by atoms with van der Waals surface area (Å²) >= 11 is 1.50. The average Bonchev–Trinajstić information content (AvgIpc) is 3.13. The number of rotatable bonds is 5. The van der Waals surface area contributed by atoms with E-state index in [1.54, 1.807) is 11.6 Å². The van der Waals surface area contributed by atoms with E-state index in [4.69, 9.17) is 9.26 Å². The number of aromatic nitrogens is 6. The summed E-state index contributed by atoms with van der Waals surface area (Å²) in [6.45, 7) is 5.30. The Morgan fingerprint density at radius 1 is 1.50 bits per heavy atom. The molecular weight excluding hydrogens is 280 g/mol. The van der Waals surface area contributed by atoms with E-state index in [0.717, 1.165) is 24.6 Å². The van der Waals surface area contributed by atoms with Crippen molar-refractivity contribution in [2.45, 2.75) is 49.7 Å². The van der Waals surface area contributed by atoms with Crippen LogP contribution in [0.3, 0.4) is 0 Å². The van der Waals surface area contributed by atoms with Crippen LogP contribution in [-0.2, 0) is 11.3 Å². The lowest BCUT2D eigenvalue weighted by Crippen LogP contribution is -2.17. The van der Waals surface area contributed by atoms with Crippen molar-refractivity contribution in [1.29, 1.82) is 0 Å². The van der Waals surface area contributed by atoms with Crippen molar-refractivity contribution in [2.24, 2.45) is 0 Å². The second-order valence-electron chi connectivity index (χ2n) is 4.72. The molecule has 1 saturated heterocycles. The number of hydrogen-bond donors (Lipinski definition) is 0. The highest BCUT2D eigenvalue weighted by molar-refractivity contribution is 7.99. The topological polar surface area (TPSA) is 91.8 Å². The second-order valence-corrected chi connectivity index (χ2v) is 6.03. The van der Waals surface area contributed by atoms with Gasteiger partial charge in [-0.1, -0.05) is 16.9 Å². The lowest BCUT2D eigenvalue weighted by atomic mass is 10.2. The smallest absolute Gasteiger partial charge is 0.239 e. The van der Waals surface area contributed by atoms with Crippen LogP contribution >= 0.6 is 11.8 Å². The van der Waals surface area contributed by atoms with Crippen LogP contribution in [0.4, 0.5) is 0 Å². The van der Waals surface area contributed by atoms with E-state index in [9.17, 15) is 0 Å². The van der Waals surface area contributed by atoms with Gasteiger partial charge in [-0.2, -0.15) is 4.98 Å². The van der Waals surface area contributed by atoms with E-state index in [-0.39, 0.29) is 11.4 Å². The Morgan fingerprint density at radius 3 is 3.10 bits per heavy atom. The molecule has 0 amide bonds. The molecule has 0 bridgehead atoms. The summed E-state index contributed by atoms with van der Waals surface area (Å²) in [5, 5.41) is 16.3. The standard InChI is InChI=1S/C11H16N6O2S/c1-7(10-12-8(2)14-19-10)20-11-13-15-16-17(11)6-9-4-3-5-18-9/h7,9H,3-6H2,1-2H3. The molecule has 2 aromatic heterocycles. The molecule has 0 saturated carbocycles. The molecule has 0 radical (unpaired) electrons. The SMILES string of the molecule is Cc1noc(C(C)Sc2nnnn2CC2CCCO2)n1. The van der Waals surface area contributed by atoms with Gasteiger partial charge in [0.1, 0.15) is 0 Å². The first-order valence-electron chi connectivity index (χ1n) is 6.57. The Balaban J connectivity index is 1.66. The van der Waals surface area contributed by atoms with Gasteiger partial charge in [0.25, 0.3) is 0 Å². The molecule has 3 rings (SSSR count). The van der Waals surface area contributed by atoms with Gasteiger partial charge in [0.05, 0.1) is 17.9 Å². The predicted octanol–water partition coefficient (Wildman–Crippen LogP) is 1.40. The summed E-state index contributed by atoms with van der Waals surface area (Å²) in [7, 11) is 0. The molecule has 9 heteroatoms. The number of tetrazole rings is 1. The number of aryl methyl sites for hydroxylation is 1. The lowest BCUT2D eigenvalue weighted by Gasteiger charge is -2.11. The monoisotopic (exact) mass is 296 g/mol. The average molecular weight is 296 g/mol. The molecule has 8 nitrogen and oxygen atoms in total. The summed E-state index contributed by atoms with van der Waals surface area (Å²) < 4.78 is 12.5. The second kappa shape index (κ2) is 5.88. The zero-order valence-corrected chi connectivity index (χ0v) is 12.2. The van der Waals surface area contributed by atoms with Crippen LogP contribution in [0, 0.1) is 6.92 Å². The first-order chi connectivity index (χ1) is 9.72. The highest BCUT2D eigenvalue weighted by atomic mass is 32.2. The maximum atomic E-state index is 5.61. The van der Waals surface area contributed by atoms with Gasteiger partial charge in [0, 0.05) is 6.61 Å². The Labute approximate surface area is 120 Å². The molecule has 3 heterocycles. The third-order valence-electron chi connectivity index (χ3n) is 3.07. The van der Waals surface area contributed by atoms with Crippen molar-refractivity contribution in [3.05, 3.63) is 11.7 Å². The summed E-state index contributed by atoms with van der Waals surface area (Å²) in [6, 6.07) is 0. The van der Waals surface area contributed by atoms with Crippen molar-refractivity contribution in [1.82, 2.24) is 30.3 Å². The van der Waals surface area contributed by atoms with E-state index in [0.29, 0.717) is 18.3 Å².